The molecule has 2 N–H and O–H groups in total. The van der Waals surface area contributed by atoms with E-state index >= 15 is 0 Å². The van der Waals surface area contributed by atoms with Gasteiger partial charge < -0.3 is 15.4 Å². The summed E-state index contributed by atoms with van der Waals surface area (Å²) < 4.78 is 31.5. The summed E-state index contributed by atoms with van der Waals surface area (Å²) in [6, 6.07) is 1.22. The van der Waals surface area contributed by atoms with Crippen molar-refractivity contribution < 1.29 is 27.9 Å². The molecule has 0 aliphatic rings. The molecule has 24 heavy (non-hydrogen) atoms. The Morgan fingerprint density at radius 3 is 2.38 bits per heavy atom. The average Bonchev–Trinajstić information content (AvgIpc) is 2.56. The maximum Gasteiger partial charge on any atom is 0.340 e. The predicted molar refractivity (Wildman–Crippen MR) is 83.5 cm³/mol. The maximum absolute atomic E-state index is 13.7. The van der Waals surface area contributed by atoms with Crippen LogP contribution in [0.4, 0.5) is 14.5 Å². The summed E-state index contributed by atoms with van der Waals surface area (Å²) in [7, 11) is 1.04. The number of amides is 2. The van der Waals surface area contributed by atoms with Gasteiger partial charge in [-0.3, -0.25) is 9.59 Å². The lowest BCUT2D eigenvalue weighted by Gasteiger charge is -2.09. The minimum absolute atomic E-state index is 0.325. The summed E-state index contributed by atoms with van der Waals surface area (Å²) in [6.45, 7) is 2.37. The monoisotopic (exact) mass is 342 g/mol. The van der Waals surface area contributed by atoms with Crippen LogP contribution < -0.4 is 10.6 Å². The number of rotatable bonds is 7. The summed E-state index contributed by atoms with van der Waals surface area (Å²) in [6.07, 6.45) is 3.72. The lowest BCUT2D eigenvalue weighted by atomic mass is 10.1. The fourth-order valence-electron chi connectivity index (χ4n) is 1.92. The van der Waals surface area contributed by atoms with E-state index in [1.165, 1.54) is 0 Å². The first-order chi connectivity index (χ1) is 11.4. The first-order valence-electron chi connectivity index (χ1n) is 7.57. The molecule has 0 saturated carbocycles. The van der Waals surface area contributed by atoms with Crippen molar-refractivity contribution in [3.8, 4) is 0 Å². The molecule has 132 valence electrons. The number of carbonyl (C=O) groups excluding carboxylic acids is 3. The number of benzene rings is 1. The maximum atomic E-state index is 13.7. The summed E-state index contributed by atoms with van der Waals surface area (Å²) >= 11 is 0. The highest BCUT2D eigenvalue weighted by molar-refractivity contribution is 6.39. The van der Waals surface area contributed by atoms with Crippen LogP contribution in [0.5, 0.6) is 0 Å². The third kappa shape index (κ3) is 5.60. The molecular formula is C16H20F2N2O4. The van der Waals surface area contributed by atoms with Gasteiger partial charge in [0, 0.05) is 12.6 Å². The Balaban J connectivity index is 2.69. The van der Waals surface area contributed by atoms with E-state index in [-0.39, 0.29) is 0 Å². The van der Waals surface area contributed by atoms with Gasteiger partial charge in [0.05, 0.1) is 18.4 Å². The van der Waals surface area contributed by atoms with Gasteiger partial charge >= 0.3 is 17.8 Å². The topological polar surface area (TPSA) is 84.5 Å². The molecule has 0 radical (unpaired) electrons. The number of halogens is 2. The van der Waals surface area contributed by atoms with Crippen molar-refractivity contribution >= 4 is 23.5 Å². The Morgan fingerprint density at radius 1 is 1.04 bits per heavy atom. The van der Waals surface area contributed by atoms with E-state index in [4.69, 9.17) is 0 Å². The van der Waals surface area contributed by atoms with Crippen molar-refractivity contribution in [2.24, 2.45) is 0 Å². The lowest BCUT2D eigenvalue weighted by molar-refractivity contribution is -0.136. The number of hydrogen-bond acceptors (Lipinski definition) is 4. The van der Waals surface area contributed by atoms with Gasteiger partial charge in [-0.2, -0.15) is 0 Å². The van der Waals surface area contributed by atoms with Crippen molar-refractivity contribution in [1.29, 1.82) is 0 Å². The van der Waals surface area contributed by atoms with E-state index in [1.54, 1.807) is 0 Å². The van der Waals surface area contributed by atoms with Crippen LogP contribution in [0, 0.1) is 11.6 Å². The summed E-state index contributed by atoms with van der Waals surface area (Å²) in [4.78, 5) is 34.7. The first kappa shape index (κ1) is 19.5. The second-order valence-corrected chi connectivity index (χ2v) is 5.07. The van der Waals surface area contributed by atoms with E-state index in [1.807, 2.05) is 12.2 Å². The van der Waals surface area contributed by atoms with Crippen molar-refractivity contribution in [1.82, 2.24) is 5.32 Å². The zero-order valence-electron chi connectivity index (χ0n) is 13.6. The SMILES string of the molecule is CCCCCCNC(=O)C(=O)Nc1cc(C(=O)OC)c(F)cc1F. The number of hydrogen-bond donors (Lipinski definition) is 2. The molecule has 0 unspecified atom stereocenters. The van der Waals surface area contributed by atoms with E-state index in [0.29, 0.717) is 12.6 Å². The lowest BCUT2D eigenvalue weighted by Crippen LogP contribution is -2.36. The molecule has 8 heteroatoms. The van der Waals surface area contributed by atoms with Crippen molar-refractivity contribution in [3.63, 3.8) is 0 Å². The normalized spacial score (nSPS) is 10.2. The Hall–Kier alpha value is -2.51. The second-order valence-electron chi connectivity index (χ2n) is 5.07. The molecule has 0 atom stereocenters. The van der Waals surface area contributed by atoms with Crippen LogP contribution in [0.25, 0.3) is 0 Å². The molecule has 0 heterocycles. The Labute approximate surface area is 138 Å². The van der Waals surface area contributed by atoms with Crippen molar-refractivity contribution in [2.45, 2.75) is 32.6 Å². The largest absolute Gasteiger partial charge is 0.465 e. The van der Waals surface area contributed by atoms with Gasteiger partial charge in [-0.15, -0.1) is 0 Å². The van der Waals surface area contributed by atoms with E-state index in [9.17, 15) is 23.2 Å². The summed E-state index contributed by atoms with van der Waals surface area (Å²) in [5, 5.41) is 4.41. The van der Waals surface area contributed by atoms with E-state index in [0.717, 1.165) is 38.9 Å². The van der Waals surface area contributed by atoms with Crippen LogP contribution in [0.2, 0.25) is 0 Å². The number of nitrogens with one attached hydrogen (secondary N) is 2. The smallest absolute Gasteiger partial charge is 0.340 e. The van der Waals surface area contributed by atoms with Gasteiger partial charge in [-0.05, 0) is 12.5 Å². The number of unbranched alkanes of at least 4 members (excludes halogenated alkanes) is 3. The predicted octanol–water partition coefficient (Wildman–Crippen LogP) is 2.39. The van der Waals surface area contributed by atoms with Crippen LogP contribution in [-0.2, 0) is 14.3 Å². The van der Waals surface area contributed by atoms with Crippen LogP contribution in [0.15, 0.2) is 12.1 Å². The van der Waals surface area contributed by atoms with Crippen LogP contribution in [0.3, 0.4) is 0 Å². The van der Waals surface area contributed by atoms with E-state index < -0.39 is 40.7 Å². The van der Waals surface area contributed by atoms with Gasteiger partial charge in [-0.25, -0.2) is 13.6 Å². The number of ether oxygens (including phenoxy) is 1. The highest BCUT2D eigenvalue weighted by Gasteiger charge is 2.20. The molecule has 6 nitrogen and oxygen atoms in total. The molecule has 1 aromatic rings. The molecule has 0 bridgehead atoms. The van der Waals surface area contributed by atoms with Gasteiger partial charge in [-0.1, -0.05) is 26.2 Å². The molecule has 1 aromatic carbocycles. The first-order valence-corrected chi connectivity index (χ1v) is 7.57. The molecule has 1 rings (SSSR count). The number of anilines is 1. The molecule has 0 saturated heterocycles. The Morgan fingerprint density at radius 2 is 1.75 bits per heavy atom. The Bertz CT molecular complexity index is 620. The minimum atomic E-state index is -1.13. The van der Waals surface area contributed by atoms with E-state index in [2.05, 4.69) is 10.1 Å². The highest BCUT2D eigenvalue weighted by Crippen LogP contribution is 2.20. The Kier molecular flexibility index (Phi) is 7.81. The summed E-state index contributed by atoms with van der Waals surface area (Å²) in [5.41, 5.74) is -1.03. The van der Waals surface area contributed by atoms with Gasteiger partial charge in [0.25, 0.3) is 0 Å². The van der Waals surface area contributed by atoms with Gasteiger partial charge in [0.15, 0.2) is 0 Å². The number of methoxy groups -OCH3 is 1. The molecular weight excluding hydrogens is 322 g/mol. The second kappa shape index (κ2) is 9.59. The molecule has 0 aliphatic carbocycles. The molecule has 0 aromatic heterocycles. The van der Waals surface area contributed by atoms with Gasteiger partial charge in [0.2, 0.25) is 0 Å². The number of esters is 1. The summed E-state index contributed by atoms with van der Waals surface area (Å²) in [5.74, 6) is -5.30. The standard InChI is InChI=1S/C16H20F2N2O4/c1-3-4-5-6-7-19-14(21)15(22)20-13-8-10(16(23)24-2)11(17)9-12(13)18/h8-9H,3-7H2,1-2H3,(H,19,21)(H,20,22). The molecule has 0 fully saturated rings. The molecule has 0 aliphatic heterocycles. The van der Waals surface area contributed by atoms with Crippen LogP contribution in [0.1, 0.15) is 43.0 Å². The van der Waals surface area contributed by atoms with Gasteiger partial charge in [0.1, 0.15) is 11.6 Å². The third-order valence-electron chi connectivity index (χ3n) is 3.23. The molecule has 2 amide bonds. The number of carbonyl (C=O) groups is 3. The fourth-order valence-corrected chi connectivity index (χ4v) is 1.92. The van der Waals surface area contributed by atoms with Crippen molar-refractivity contribution in [2.75, 3.05) is 19.0 Å². The minimum Gasteiger partial charge on any atom is -0.465 e. The van der Waals surface area contributed by atoms with Crippen molar-refractivity contribution in [3.05, 3.63) is 29.3 Å². The fraction of sp³-hybridized carbons (Fsp3) is 0.438. The van der Waals surface area contributed by atoms with Crippen LogP contribution in [-0.4, -0.2) is 31.4 Å². The van der Waals surface area contributed by atoms with Crippen LogP contribution >= 0.6 is 0 Å². The quantitative estimate of drug-likeness (QED) is 0.453. The third-order valence-corrected chi connectivity index (χ3v) is 3.23. The molecule has 0 spiro atoms. The zero-order valence-corrected chi connectivity index (χ0v) is 13.6. The zero-order chi connectivity index (χ0) is 18.1. The highest BCUT2D eigenvalue weighted by atomic mass is 19.1. The average molecular weight is 342 g/mol.